The minimum Gasteiger partial charge on any atom is -0.492 e. The third-order valence-corrected chi connectivity index (χ3v) is 3.15. The first-order chi connectivity index (χ1) is 9.29. The van der Waals surface area contributed by atoms with Gasteiger partial charge in [0.1, 0.15) is 12.4 Å². The summed E-state index contributed by atoms with van der Waals surface area (Å²) in [5, 5.41) is 4.12. The third kappa shape index (κ3) is 4.18. The summed E-state index contributed by atoms with van der Waals surface area (Å²) in [6.45, 7) is 3.56. The van der Waals surface area contributed by atoms with Crippen molar-refractivity contribution >= 4 is 17.3 Å². The number of benzene rings is 2. The highest BCUT2D eigenvalue weighted by atomic mass is 35.5. The molecule has 0 spiro atoms. The maximum absolute atomic E-state index is 5.82. The van der Waals surface area contributed by atoms with Crippen molar-refractivity contribution in [1.29, 1.82) is 0 Å². The number of ether oxygens (including phenoxy) is 1. The number of rotatable bonds is 6. The molecule has 0 unspecified atom stereocenters. The first-order valence-corrected chi connectivity index (χ1v) is 6.87. The molecule has 0 saturated heterocycles. The van der Waals surface area contributed by atoms with Gasteiger partial charge in [-0.1, -0.05) is 36.7 Å². The number of para-hydroxylation sites is 1. The fourth-order valence-corrected chi connectivity index (χ4v) is 2.01. The number of halogens is 1. The minimum atomic E-state index is 0.625. The summed E-state index contributed by atoms with van der Waals surface area (Å²) in [6.07, 6.45) is 1.03. The van der Waals surface area contributed by atoms with Crippen molar-refractivity contribution < 1.29 is 4.74 Å². The van der Waals surface area contributed by atoms with E-state index >= 15 is 0 Å². The Balaban J connectivity index is 1.79. The molecule has 0 heterocycles. The van der Waals surface area contributed by atoms with Crippen LogP contribution in [0.2, 0.25) is 5.02 Å². The van der Waals surface area contributed by atoms with Crippen molar-refractivity contribution in [2.75, 3.05) is 18.5 Å². The Kier molecular flexibility index (Phi) is 5.10. The van der Waals surface area contributed by atoms with Crippen molar-refractivity contribution in [3.63, 3.8) is 0 Å². The van der Waals surface area contributed by atoms with Crippen molar-refractivity contribution in [2.24, 2.45) is 0 Å². The lowest BCUT2D eigenvalue weighted by Gasteiger charge is -2.11. The van der Waals surface area contributed by atoms with Crippen molar-refractivity contribution in [2.45, 2.75) is 13.3 Å². The summed E-state index contributed by atoms with van der Waals surface area (Å²) in [5.74, 6) is 0.843. The smallest absolute Gasteiger partial charge is 0.119 e. The van der Waals surface area contributed by atoms with Gasteiger partial charge in [0.15, 0.2) is 0 Å². The molecule has 0 radical (unpaired) electrons. The van der Waals surface area contributed by atoms with Crippen LogP contribution in [0.4, 0.5) is 5.69 Å². The molecule has 0 atom stereocenters. The highest BCUT2D eigenvalue weighted by Crippen LogP contribution is 2.16. The number of hydrogen-bond donors (Lipinski definition) is 1. The topological polar surface area (TPSA) is 21.3 Å². The molecule has 0 bridgehead atoms. The van der Waals surface area contributed by atoms with Gasteiger partial charge < -0.3 is 10.1 Å². The van der Waals surface area contributed by atoms with E-state index in [9.17, 15) is 0 Å². The first-order valence-electron chi connectivity index (χ1n) is 6.49. The Hall–Kier alpha value is -1.67. The van der Waals surface area contributed by atoms with E-state index in [1.807, 2.05) is 30.3 Å². The molecule has 2 rings (SSSR count). The third-order valence-electron chi connectivity index (χ3n) is 2.90. The van der Waals surface area contributed by atoms with Gasteiger partial charge in [-0.05, 0) is 42.3 Å². The number of nitrogens with one attached hydrogen (secondary N) is 1. The summed E-state index contributed by atoms with van der Waals surface area (Å²) in [7, 11) is 0. The Morgan fingerprint density at radius 1 is 1.05 bits per heavy atom. The van der Waals surface area contributed by atoms with Gasteiger partial charge in [0.2, 0.25) is 0 Å². The molecule has 100 valence electrons. The molecule has 2 aromatic carbocycles. The second kappa shape index (κ2) is 7.05. The predicted octanol–water partition coefficient (Wildman–Crippen LogP) is 4.39. The Bertz CT molecular complexity index is 510. The second-order valence-electron chi connectivity index (χ2n) is 4.24. The summed E-state index contributed by atoms with van der Waals surface area (Å²) < 4.78 is 5.64. The molecule has 2 aromatic rings. The minimum absolute atomic E-state index is 0.625. The van der Waals surface area contributed by atoms with E-state index in [0.717, 1.165) is 23.7 Å². The van der Waals surface area contributed by atoms with Crippen molar-refractivity contribution in [3.05, 3.63) is 59.1 Å². The molecule has 0 saturated carbocycles. The normalized spacial score (nSPS) is 10.2. The van der Waals surface area contributed by atoms with Gasteiger partial charge in [-0.2, -0.15) is 0 Å². The van der Waals surface area contributed by atoms with Crippen molar-refractivity contribution in [1.82, 2.24) is 0 Å². The van der Waals surface area contributed by atoms with Crippen LogP contribution in [0.1, 0.15) is 12.5 Å². The quantitative estimate of drug-likeness (QED) is 0.789. The second-order valence-corrected chi connectivity index (χ2v) is 4.68. The van der Waals surface area contributed by atoms with Crippen LogP contribution in [0, 0.1) is 0 Å². The molecule has 19 heavy (non-hydrogen) atoms. The van der Waals surface area contributed by atoms with Gasteiger partial charge in [-0.25, -0.2) is 0 Å². The number of anilines is 1. The zero-order valence-electron chi connectivity index (χ0n) is 11.0. The highest BCUT2D eigenvalue weighted by Gasteiger charge is 1.98. The van der Waals surface area contributed by atoms with E-state index in [0.29, 0.717) is 6.61 Å². The molecule has 0 aliphatic rings. The van der Waals surface area contributed by atoms with Crippen LogP contribution in [0.3, 0.4) is 0 Å². The van der Waals surface area contributed by atoms with Gasteiger partial charge in [-0.3, -0.25) is 0 Å². The van der Waals surface area contributed by atoms with E-state index < -0.39 is 0 Å². The highest BCUT2D eigenvalue weighted by molar-refractivity contribution is 6.30. The van der Waals surface area contributed by atoms with Gasteiger partial charge in [-0.15, -0.1) is 0 Å². The zero-order chi connectivity index (χ0) is 13.5. The first kappa shape index (κ1) is 13.8. The van der Waals surface area contributed by atoms with Gasteiger partial charge in [0.05, 0.1) is 0 Å². The molecule has 0 amide bonds. The lowest BCUT2D eigenvalue weighted by atomic mass is 10.1. The molecule has 2 nitrogen and oxygen atoms in total. The zero-order valence-corrected chi connectivity index (χ0v) is 11.8. The van der Waals surface area contributed by atoms with Gasteiger partial charge in [0.25, 0.3) is 0 Å². The van der Waals surface area contributed by atoms with E-state index in [1.54, 1.807) is 0 Å². The van der Waals surface area contributed by atoms with Gasteiger partial charge in [0, 0.05) is 17.3 Å². The van der Waals surface area contributed by atoms with E-state index in [4.69, 9.17) is 16.3 Å². The van der Waals surface area contributed by atoms with Crippen LogP contribution in [0.25, 0.3) is 0 Å². The van der Waals surface area contributed by atoms with E-state index in [-0.39, 0.29) is 0 Å². The fourth-order valence-electron chi connectivity index (χ4n) is 1.89. The molecule has 3 heteroatoms. The standard InChI is InChI=1S/C16H18ClNO/c1-2-13-5-3-4-6-16(13)18-11-12-19-15-9-7-14(17)8-10-15/h3-10,18H,2,11-12H2,1H3. The number of hydrogen-bond acceptors (Lipinski definition) is 2. The molecular formula is C16H18ClNO. The summed E-state index contributed by atoms with van der Waals surface area (Å²) in [4.78, 5) is 0. The molecule has 0 aromatic heterocycles. The van der Waals surface area contributed by atoms with Crippen LogP contribution < -0.4 is 10.1 Å². The average Bonchev–Trinajstić information content (AvgIpc) is 2.46. The summed E-state index contributed by atoms with van der Waals surface area (Å²) >= 11 is 5.82. The summed E-state index contributed by atoms with van der Waals surface area (Å²) in [6, 6.07) is 15.8. The maximum atomic E-state index is 5.82. The average molecular weight is 276 g/mol. The Morgan fingerprint density at radius 2 is 1.79 bits per heavy atom. The van der Waals surface area contributed by atoms with Crippen LogP contribution in [-0.2, 0) is 6.42 Å². The van der Waals surface area contributed by atoms with Crippen LogP contribution >= 0.6 is 11.6 Å². The van der Waals surface area contributed by atoms with E-state index in [2.05, 4.69) is 30.4 Å². The maximum Gasteiger partial charge on any atom is 0.119 e. The van der Waals surface area contributed by atoms with Crippen LogP contribution in [0.5, 0.6) is 5.75 Å². The Labute approximate surface area is 119 Å². The van der Waals surface area contributed by atoms with Crippen molar-refractivity contribution in [3.8, 4) is 5.75 Å². The largest absolute Gasteiger partial charge is 0.492 e. The molecular weight excluding hydrogens is 258 g/mol. The molecule has 0 aliphatic heterocycles. The lowest BCUT2D eigenvalue weighted by Crippen LogP contribution is -2.12. The summed E-state index contributed by atoms with van der Waals surface area (Å²) in [5.41, 5.74) is 2.51. The lowest BCUT2D eigenvalue weighted by molar-refractivity contribution is 0.333. The Morgan fingerprint density at radius 3 is 2.53 bits per heavy atom. The molecule has 0 aliphatic carbocycles. The SMILES string of the molecule is CCc1ccccc1NCCOc1ccc(Cl)cc1. The van der Waals surface area contributed by atoms with Gasteiger partial charge >= 0.3 is 0 Å². The monoisotopic (exact) mass is 275 g/mol. The van der Waals surface area contributed by atoms with E-state index in [1.165, 1.54) is 11.3 Å². The molecule has 0 fully saturated rings. The van der Waals surface area contributed by atoms with Crippen LogP contribution in [-0.4, -0.2) is 13.2 Å². The molecule has 1 N–H and O–H groups in total. The van der Waals surface area contributed by atoms with Crippen LogP contribution in [0.15, 0.2) is 48.5 Å². The number of aryl methyl sites for hydroxylation is 1. The predicted molar refractivity (Wildman–Crippen MR) is 81.3 cm³/mol. The fraction of sp³-hybridized carbons (Fsp3) is 0.250.